The van der Waals surface area contributed by atoms with Gasteiger partial charge < -0.3 is 4.90 Å². The van der Waals surface area contributed by atoms with Crippen LogP contribution in [0.1, 0.15) is 19.2 Å². The molecule has 1 aromatic heterocycles. The summed E-state index contributed by atoms with van der Waals surface area (Å²) in [6.45, 7) is 7.51. The Hall–Kier alpha value is -1.85. The van der Waals surface area contributed by atoms with E-state index in [-0.39, 0.29) is 11.6 Å². The lowest BCUT2D eigenvalue weighted by Gasteiger charge is -2.25. The van der Waals surface area contributed by atoms with Crippen LogP contribution in [0.2, 0.25) is 0 Å². The summed E-state index contributed by atoms with van der Waals surface area (Å²) in [6, 6.07) is 0. The third-order valence-corrected chi connectivity index (χ3v) is 2.85. The van der Waals surface area contributed by atoms with E-state index in [0.717, 1.165) is 6.42 Å². The Morgan fingerprint density at radius 3 is 2.94 bits per heavy atom. The van der Waals surface area contributed by atoms with Crippen LogP contribution < -0.4 is 5.69 Å². The van der Waals surface area contributed by atoms with Crippen molar-refractivity contribution in [2.75, 3.05) is 6.54 Å². The standard InChI is InChI=1S/C11H16N4O2/c1-3-5-15-11(17)14-7-6-13(10(16)4-2)8-9(14)12-15/h4H,2-3,5-8H2,1H3. The number of nitrogens with zero attached hydrogens (tertiary/aromatic N) is 4. The van der Waals surface area contributed by atoms with E-state index in [1.807, 2.05) is 6.92 Å². The van der Waals surface area contributed by atoms with Gasteiger partial charge in [0.2, 0.25) is 5.91 Å². The third-order valence-electron chi connectivity index (χ3n) is 2.85. The fraction of sp³-hybridized carbons (Fsp3) is 0.545. The average molecular weight is 236 g/mol. The molecule has 6 heteroatoms. The summed E-state index contributed by atoms with van der Waals surface area (Å²) in [5.74, 6) is 0.540. The topological polar surface area (TPSA) is 60.1 Å². The second-order valence-electron chi connectivity index (χ2n) is 4.04. The SMILES string of the molecule is C=CC(=O)N1CCn2c(nn(CCC)c2=O)C1. The van der Waals surface area contributed by atoms with Gasteiger partial charge >= 0.3 is 5.69 Å². The van der Waals surface area contributed by atoms with E-state index in [4.69, 9.17) is 0 Å². The first kappa shape index (κ1) is 11.6. The molecule has 0 saturated heterocycles. The summed E-state index contributed by atoms with van der Waals surface area (Å²) in [4.78, 5) is 25.0. The highest BCUT2D eigenvalue weighted by molar-refractivity contribution is 5.86. The minimum atomic E-state index is -0.117. The van der Waals surface area contributed by atoms with Crippen molar-refractivity contribution in [2.24, 2.45) is 0 Å². The van der Waals surface area contributed by atoms with Crippen molar-refractivity contribution in [3.05, 3.63) is 29.0 Å². The lowest BCUT2D eigenvalue weighted by atomic mass is 10.3. The maximum absolute atomic E-state index is 11.9. The number of amides is 1. The molecule has 1 aliphatic heterocycles. The lowest BCUT2D eigenvalue weighted by Crippen LogP contribution is -2.40. The van der Waals surface area contributed by atoms with Gasteiger partial charge in [0.15, 0.2) is 5.82 Å². The summed E-state index contributed by atoms with van der Waals surface area (Å²) < 4.78 is 3.11. The lowest BCUT2D eigenvalue weighted by molar-refractivity contribution is -0.127. The van der Waals surface area contributed by atoms with E-state index >= 15 is 0 Å². The molecule has 0 aliphatic carbocycles. The van der Waals surface area contributed by atoms with Gasteiger partial charge in [-0.2, -0.15) is 5.10 Å². The zero-order chi connectivity index (χ0) is 12.4. The molecule has 0 fully saturated rings. The number of carbonyl (C=O) groups is 1. The predicted octanol–water partition coefficient (Wildman–Crippen LogP) is -0.0170. The van der Waals surface area contributed by atoms with Gasteiger partial charge in [-0.15, -0.1) is 0 Å². The number of fused-ring (bicyclic) bond motifs is 1. The van der Waals surface area contributed by atoms with E-state index in [2.05, 4.69) is 11.7 Å². The fourth-order valence-electron chi connectivity index (χ4n) is 1.97. The smallest absolute Gasteiger partial charge is 0.330 e. The molecule has 1 amide bonds. The summed E-state index contributed by atoms with van der Waals surface area (Å²) in [7, 11) is 0. The van der Waals surface area contributed by atoms with Gasteiger partial charge in [0.05, 0.1) is 6.54 Å². The molecule has 0 radical (unpaired) electrons. The molecule has 0 spiro atoms. The molecule has 0 aromatic carbocycles. The van der Waals surface area contributed by atoms with Crippen LogP contribution in [0.25, 0.3) is 0 Å². The van der Waals surface area contributed by atoms with Gasteiger partial charge in [0.1, 0.15) is 0 Å². The minimum Gasteiger partial charge on any atom is -0.330 e. The summed E-state index contributed by atoms with van der Waals surface area (Å²) in [5, 5.41) is 4.25. The molecule has 0 saturated carbocycles. The van der Waals surface area contributed by atoms with Gasteiger partial charge in [-0.25, -0.2) is 9.48 Å². The molecule has 0 unspecified atom stereocenters. The number of carbonyl (C=O) groups excluding carboxylic acids is 1. The van der Waals surface area contributed by atoms with Gasteiger partial charge in [0.25, 0.3) is 0 Å². The van der Waals surface area contributed by atoms with Crippen molar-refractivity contribution >= 4 is 5.91 Å². The highest BCUT2D eigenvalue weighted by Gasteiger charge is 2.23. The van der Waals surface area contributed by atoms with E-state index in [9.17, 15) is 9.59 Å². The molecule has 0 bridgehead atoms. The maximum atomic E-state index is 11.9. The molecule has 1 aromatic rings. The number of aromatic nitrogens is 3. The number of hydrogen-bond acceptors (Lipinski definition) is 3. The molecule has 0 N–H and O–H groups in total. The zero-order valence-electron chi connectivity index (χ0n) is 9.93. The van der Waals surface area contributed by atoms with Crippen LogP contribution in [-0.4, -0.2) is 31.7 Å². The zero-order valence-corrected chi connectivity index (χ0v) is 9.93. The van der Waals surface area contributed by atoms with Gasteiger partial charge in [-0.3, -0.25) is 9.36 Å². The van der Waals surface area contributed by atoms with Crippen LogP contribution in [0.4, 0.5) is 0 Å². The first-order chi connectivity index (χ1) is 8.17. The predicted molar refractivity (Wildman–Crippen MR) is 62.4 cm³/mol. The van der Waals surface area contributed by atoms with Crippen molar-refractivity contribution in [2.45, 2.75) is 33.0 Å². The first-order valence-corrected chi connectivity index (χ1v) is 5.75. The van der Waals surface area contributed by atoms with E-state index < -0.39 is 0 Å². The molecule has 17 heavy (non-hydrogen) atoms. The van der Waals surface area contributed by atoms with Crippen molar-refractivity contribution in [3.8, 4) is 0 Å². The van der Waals surface area contributed by atoms with E-state index in [0.29, 0.717) is 32.0 Å². The van der Waals surface area contributed by atoms with Crippen molar-refractivity contribution in [3.63, 3.8) is 0 Å². The van der Waals surface area contributed by atoms with Crippen molar-refractivity contribution in [1.29, 1.82) is 0 Å². The highest BCUT2D eigenvalue weighted by Crippen LogP contribution is 2.08. The van der Waals surface area contributed by atoms with Crippen LogP contribution in [-0.2, 0) is 24.4 Å². The summed E-state index contributed by atoms with van der Waals surface area (Å²) in [6.07, 6.45) is 2.16. The van der Waals surface area contributed by atoms with Gasteiger partial charge in [0, 0.05) is 19.6 Å². The number of aryl methyl sites for hydroxylation is 1. The maximum Gasteiger partial charge on any atom is 0.346 e. The normalized spacial score (nSPS) is 14.5. The fourth-order valence-corrected chi connectivity index (χ4v) is 1.97. The van der Waals surface area contributed by atoms with Crippen molar-refractivity contribution < 1.29 is 4.79 Å². The average Bonchev–Trinajstić information content (AvgIpc) is 2.65. The minimum absolute atomic E-state index is 0.0763. The molecule has 1 aliphatic rings. The highest BCUT2D eigenvalue weighted by atomic mass is 16.2. The molecular weight excluding hydrogens is 220 g/mol. The largest absolute Gasteiger partial charge is 0.346 e. The molecule has 0 atom stereocenters. The molecule has 92 valence electrons. The quantitative estimate of drug-likeness (QED) is 0.693. The Bertz CT molecular complexity index is 500. The van der Waals surface area contributed by atoms with E-state index in [1.54, 1.807) is 9.47 Å². The van der Waals surface area contributed by atoms with Crippen LogP contribution in [0, 0.1) is 0 Å². The Labute approximate surface area is 99.1 Å². The number of hydrogen-bond donors (Lipinski definition) is 0. The van der Waals surface area contributed by atoms with Crippen LogP contribution in [0.3, 0.4) is 0 Å². The van der Waals surface area contributed by atoms with Crippen LogP contribution in [0.15, 0.2) is 17.4 Å². The molecule has 6 nitrogen and oxygen atoms in total. The van der Waals surface area contributed by atoms with Crippen LogP contribution in [0.5, 0.6) is 0 Å². The molecular formula is C11H16N4O2. The Kier molecular flexibility index (Phi) is 3.12. The Morgan fingerprint density at radius 1 is 1.53 bits per heavy atom. The van der Waals surface area contributed by atoms with E-state index in [1.165, 1.54) is 10.8 Å². The molecule has 2 heterocycles. The number of rotatable bonds is 3. The monoisotopic (exact) mass is 236 g/mol. The van der Waals surface area contributed by atoms with Gasteiger partial charge in [-0.1, -0.05) is 13.5 Å². The second-order valence-corrected chi connectivity index (χ2v) is 4.04. The first-order valence-electron chi connectivity index (χ1n) is 5.75. The van der Waals surface area contributed by atoms with Gasteiger partial charge in [-0.05, 0) is 12.5 Å². The summed E-state index contributed by atoms with van der Waals surface area (Å²) >= 11 is 0. The molecule has 2 rings (SSSR count). The van der Waals surface area contributed by atoms with Crippen molar-refractivity contribution in [1.82, 2.24) is 19.2 Å². The second kappa shape index (κ2) is 4.57. The summed E-state index contributed by atoms with van der Waals surface area (Å²) in [5.41, 5.74) is -0.0763. The third kappa shape index (κ3) is 2.02. The Balaban J connectivity index is 2.27. The van der Waals surface area contributed by atoms with Crippen LogP contribution >= 0.6 is 0 Å². The Morgan fingerprint density at radius 2 is 2.29 bits per heavy atom.